The predicted octanol–water partition coefficient (Wildman–Crippen LogP) is 2.32. The van der Waals surface area contributed by atoms with Crippen LogP contribution >= 0.6 is 0 Å². The van der Waals surface area contributed by atoms with Crippen LogP contribution in [0.3, 0.4) is 0 Å². The topological polar surface area (TPSA) is 82.0 Å². The van der Waals surface area contributed by atoms with Crippen molar-refractivity contribution in [3.8, 4) is 17.2 Å². The van der Waals surface area contributed by atoms with Crippen LogP contribution < -0.4 is 10.6 Å². The quantitative estimate of drug-likeness (QED) is 0.731. The number of nitrogens with one attached hydrogen (secondary N) is 2. The Kier molecular flexibility index (Phi) is 6.09. The number of benzene rings is 2. The van der Waals surface area contributed by atoms with E-state index in [0.29, 0.717) is 19.3 Å². The van der Waals surface area contributed by atoms with E-state index in [1.54, 1.807) is 0 Å². The first-order valence-corrected chi connectivity index (χ1v) is 7.64. The molecule has 0 radical (unpaired) electrons. The van der Waals surface area contributed by atoms with Crippen molar-refractivity contribution < 1.29 is 9.59 Å². The van der Waals surface area contributed by atoms with Crippen LogP contribution in [0, 0.1) is 11.3 Å². The minimum Gasteiger partial charge on any atom is -0.388 e. The molecule has 1 unspecified atom stereocenters. The fourth-order valence-electron chi connectivity index (χ4n) is 2.55. The molecule has 1 amide bonds. The number of carbonyl (C=O) groups is 2. The molecule has 0 aliphatic rings. The summed E-state index contributed by atoms with van der Waals surface area (Å²) in [5.74, 6) is 0. The van der Waals surface area contributed by atoms with Gasteiger partial charge >= 0.3 is 0 Å². The second kappa shape index (κ2) is 8.49. The normalized spacial score (nSPS) is 11.2. The van der Waals surface area contributed by atoms with Gasteiger partial charge in [0.1, 0.15) is 12.3 Å². The van der Waals surface area contributed by atoms with Gasteiger partial charge in [-0.1, -0.05) is 36.4 Å². The maximum absolute atomic E-state index is 10.7. The van der Waals surface area contributed by atoms with Gasteiger partial charge in [0.25, 0.3) is 0 Å². The smallest absolute Gasteiger partial charge is 0.208 e. The van der Waals surface area contributed by atoms with Gasteiger partial charge in [-0.2, -0.15) is 5.26 Å². The molecule has 0 bridgehead atoms. The van der Waals surface area contributed by atoms with Crippen LogP contribution in [0.1, 0.15) is 11.1 Å². The van der Waals surface area contributed by atoms with Crippen LogP contribution in [0.4, 0.5) is 5.69 Å². The van der Waals surface area contributed by atoms with E-state index in [1.165, 1.54) is 0 Å². The summed E-state index contributed by atoms with van der Waals surface area (Å²) in [4.78, 5) is 21.2. The van der Waals surface area contributed by atoms with Gasteiger partial charge in [-0.15, -0.1) is 0 Å². The molecule has 0 saturated heterocycles. The average Bonchev–Trinajstić information content (AvgIpc) is 2.62. The molecule has 0 heterocycles. The maximum Gasteiger partial charge on any atom is 0.208 e. The standard InChI is InChI=1S/C19H19N3O2/c1-21-19-11-17(7-6-16(19)8-9-23)15-4-2-14(3-5-15)10-18(12-20)22-13-24/h2-7,9,11,13,18,21H,8,10H2,1H3,(H,22,24). The Morgan fingerprint density at radius 2 is 1.83 bits per heavy atom. The number of nitrogens with zero attached hydrogens (tertiary/aromatic N) is 1. The van der Waals surface area contributed by atoms with Crippen LogP contribution in [0.15, 0.2) is 42.5 Å². The Morgan fingerprint density at radius 1 is 1.12 bits per heavy atom. The third kappa shape index (κ3) is 4.20. The van der Waals surface area contributed by atoms with Gasteiger partial charge in [-0.05, 0) is 28.3 Å². The lowest BCUT2D eigenvalue weighted by molar-refractivity contribution is -0.110. The summed E-state index contributed by atoms with van der Waals surface area (Å²) in [7, 11) is 1.83. The minimum atomic E-state index is -0.521. The van der Waals surface area contributed by atoms with Crippen LogP contribution in [0.25, 0.3) is 11.1 Å². The summed E-state index contributed by atoms with van der Waals surface area (Å²) in [6, 6.07) is 15.3. The van der Waals surface area contributed by atoms with Crippen molar-refractivity contribution in [1.29, 1.82) is 5.26 Å². The number of hydrogen-bond donors (Lipinski definition) is 2. The lowest BCUT2D eigenvalue weighted by atomic mass is 9.98. The molecule has 2 aromatic carbocycles. The highest BCUT2D eigenvalue weighted by Crippen LogP contribution is 2.26. The predicted molar refractivity (Wildman–Crippen MR) is 93.5 cm³/mol. The van der Waals surface area contributed by atoms with Crippen molar-refractivity contribution in [1.82, 2.24) is 5.32 Å². The first kappa shape index (κ1) is 17.2. The molecule has 1 atom stereocenters. The molecular formula is C19H19N3O2. The van der Waals surface area contributed by atoms with E-state index in [-0.39, 0.29) is 0 Å². The summed E-state index contributed by atoms with van der Waals surface area (Å²) in [6.07, 6.45) is 2.29. The molecule has 2 aromatic rings. The fourth-order valence-corrected chi connectivity index (χ4v) is 2.55. The second-order valence-corrected chi connectivity index (χ2v) is 5.36. The molecule has 0 aliphatic heterocycles. The number of aldehydes is 1. The van der Waals surface area contributed by atoms with Crippen molar-refractivity contribution in [2.24, 2.45) is 0 Å². The van der Waals surface area contributed by atoms with E-state index >= 15 is 0 Å². The second-order valence-electron chi connectivity index (χ2n) is 5.36. The van der Waals surface area contributed by atoms with Gasteiger partial charge in [-0.25, -0.2) is 0 Å². The SMILES string of the molecule is CNc1cc(-c2ccc(CC(C#N)NC=O)cc2)ccc1CC=O. The van der Waals surface area contributed by atoms with Crippen LogP contribution in [-0.2, 0) is 22.4 Å². The summed E-state index contributed by atoms with van der Waals surface area (Å²) < 4.78 is 0. The molecule has 5 heteroatoms. The van der Waals surface area contributed by atoms with Gasteiger partial charge in [0.15, 0.2) is 0 Å². The highest BCUT2D eigenvalue weighted by molar-refractivity contribution is 5.72. The molecule has 5 nitrogen and oxygen atoms in total. The Balaban J connectivity index is 2.20. The molecule has 0 spiro atoms. The third-order valence-electron chi connectivity index (χ3n) is 3.83. The highest BCUT2D eigenvalue weighted by Gasteiger charge is 2.08. The number of nitriles is 1. The number of hydrogen-bond acceptors (Lipinski definition) is 4. The Labute approximate surface area is 141 Å². The van der Waals surface area contributed by atoms with Crippen molar-refractivity contribution in [2.45, 2.75) is 18.9 Å². The molecule has 2 rings (SSSR count). The molecular weight excluding hydrogens is 302 g/mol. The first-order valence-electron chi connectivity index (χ1n) is 7.64. The van der Waals surface area contributed by atoms with Crippen molar-refractivity contribution in [3.63, 3.8) is 0 Å². The summed E-state index contributed by atoms with van der Waals surface area (Å²) in [6.45, 7) is 0. The number of amides is 1. The lowest BCUT2D eigenvalue weighted by Gasteiger charge is -2.11. The molecule has 0 aliphatic carbocycles. The van der Waals surface area contributed by atoms with Crippen molar-refractivity contribution in [3.05, 3.63) is 53.6 Å². The summed E-state index contributed by atoms with van der Waals surface area (Å²) >= 11 is 0. The first-order chi connectivity index (χ1) is 11.7. The lowest BCUT2D eigenvalue weighted by Crippen LogP contribution is -2.28. The zero-order valence-corrected chi connectivity index (χ0v) is 13.5. The molecule has 0 aromatic heterocycles. The average molecular weight is 321 g/mol. The van der Waals surface area contributed by atoms with Crippen LogP contribution in [-0.4, -0.2) is 25.8 Å². The zero-order chi connectivity index (χ0) is 17.4. The van der Waals surface area contributed by atoms with Gasteiger partial charge in [0, 0.05) is 25.6 Å². The molecule has 0 saturated carbocycles. The van der Waals surface area contributed by atoms with Gasteiger partial charge < -0.3 is 15.4 Å². The van der Waals surface area contributed by atoms with E-state index in [2.05, 4.69) is 16.7 Å². The number of anilines is 1. The van der Waals surface area contributed by atoms with Crippen molar-refractivity contribution >= 4 is 18.4 Å². The van der Waals surface area contributed by atoms with Crippen LogP contribution in [0.2, 0.25) is 0 Å². The Morgan fingerprint density at radius 3 is 2.42 bits per heavy atom. The monoisotopic (exact) mass is 321 g/mol. The van der Waals surface area contributed by atoms with Crippen LogP contribution in [0.5, 0.6) is 0 Å². The Hall–Kier alpha value is -3.13. The minimum absolute atomic E-state index is 0.384. The fraction of sp³-hybridized carbons (Fsp3) is 0.211. The van der Waals surface area contributed by atoms with Gasteiger partial charge in [-0.3, -0.25) is 4.79 Å². The van der Waals surface area contributed by atoms with Gasteiger partial charge in [0.2, 0.25) is 6.41 Å². The Bertz CT molecular complexity index is 748. The van der Waals surface area contributed by atoms with E-state index in [1.807, 2.05) is 49.5 Å². The summed E-state index contributed by atoms with van der Waals surface area (Å²) in [5.41, 5.74) is 4.97. The maximum atomic E-state index is 10.7. The highest BCUT2D eigenvalue weighted by atomic mass is 16.1. The number of rotatable bonds is 8. The third-order valence-corrected chi connectivity index (χ3v) is 3.83. The van der Waals surface area contributed by atoms with E-state index in [4.69, 9.17) is 5.26 Å². The zero-order valence-electron chi connectivity index (χ0n) is 13.5. The van der Waals surface area contributed by atoms with E-state index in [9.17, 15) is 9.59 Å². The molecule has 2 N–H and O–H groups in total. The molecule has 122 valence electrons. The molecule has 0 fully saturated rings. The largest absolute Gasteiger partial charge is 0.388 e. The van der Waals surface area contributed by atoms with E-state index < -0.39 is 6.04 Å². The van der Waals surface area contributed by atoms with Crippen molar-refractivity contribution in [2.75, 3.05) is 12.4 Å². The van der Waals surface area contributed by atoms with Gasteiger partial charge in [0.05, 0.1) is 6.07 Å². The number of carbonyl (C=O) groups excluding carboxylic acids is 2. The molecule has 24 heavy (non-hydrogen) atoms. The summed E-state index contributed by atoms with van der Waals surface area (Å²) in [5, 5.41) is 14.6. The van der Waals surface area contributed by atoms with E-state index in [0.717, 1.165) is 34.2 Å².